The number of carbonyl (C=O) groups excluding carboxylic acids is 1. The molecule has 1 atom stereocenters. The van der Waals surface area contributed by atoms with Crippen molar-refractivity contribution in [3.63, 3.8) is 0 Å². The molecule has 0 saturated heterocycles. The van der Waals surface area contributed by atoms with Crippen molar-refractivity contribution in [1.82, 2.24) is 10.6 Å². The maximum Gasteiger partial charge on any atom is 0.315 e. The van der Waals surface area contributed by atoms with E-state index in [-0.39, 0.29) is 12.1 Å². The van der Waals surface area contributed by atoms with Crippen LogP contribution in [0.1, 0.15) is 48.1 Å². The van der Waals surface area contributed by atoms with Crippen molar-refractivity contribution in [2.24, 2.45) is 0 Å². The fourth-order valence-electron chi connectivity index (χ4n) is 3.37. The van der Waals surface area contributed by atoms with Crippen LogP contribution in [0.5, 0.6) is 0 Å². The van der Waals surface area contributed by atoms with Crippen molar-refractivity contribution in [1.29, 1.82) is 0 Å². The Labute approximate surface area is 149 Å². The van der Waals surface area contributed by atoms with Crippen molar-refractivity contribution >= 4 is 6.03 Å². The van der Waals surface area contributed by atoms with Gasteiger partial charge in [0.2, 0.25) is 0 Å². The molecule has 0 fully saturated rings. The van der Waals surface area contributed by atoms with Crippen molar-refractivity contribution in [2.75, 3.05) is 6.61 Å². The monoisotopic (exact) mass is 338 g/mol. The topological polar surface area (TPSA) is 50.4 Å². The summed E-state index contributed by atoms with van der Waals surface area (Å²) in [5.41, 5.74) is 4.81. The molecule has 1 aliphatic rings. The van der Waals surface area contributed by atoms with Gasteiger partial charge in [-0.15, -0.1) is 0 Å². The third kappa shape index (κ3) is 4.60. The Morgan fingerprint density at radius 3 is 2.72 bits per heavy atom. The fourth-order valence-corrected chi connectivity index (χ4v) is 3.37. The summed E-state index contributed by atoms with van der Waals surface area (Å²) in [4.78, 5) is 12.4. The summed E-state index contributed by atoms with van der Waals surface area (Å²) in [5.74, 6) is 0. The molecule has 4 heteroatoms. The summed E-state index contributed by atoms with van der Waals surface area (Å²) in [7, 11) is 0. The Morgan fingerprint density at radius 2 is 1.88 bits per heavy atom. The van der Waals surface area contributed by atoms with Gasteiger partial charge in [0.1, 0.15) is 0 Å². The lowest BCUT2D eigenvalue weighted by Crippen LogP contribution is -2.38. The number of carbonyl (C=O) groups is 1. The van der Waals surface area contributed by atoms with Crippen LogP contribution < -0.4 is 10.6 Å². The summed E-state index contributed by atoms with van der Waals surface area (Å²) >= 11 is 0. The highest BCUT2D eigenvalue weighted by Gasteiger charge is 2.21. The minimum absolute atomic E-state index is 0.101. The summed E-state index contributed by atoms with van der Waals surface area (Å²) in [5, 5.41) is 6.11. The van der Waals surface area contributed by atoms with Gasteiger partial charge in [-0.05, 0) is 48.4 Å². The van der Waals surface area contributed by atoms with Gasteiger partial charge in [0.15, 0.2) is 0 Å². The number of ether oxygens (including phenoxy) is 1. The minimum Gasteiger partial charge on any atom is -0.377 e. The van der Waals surface area contributed by atoms with E-state index in [0.717, 1.165) is 30.4 Å². The van der Waals surface area contributed by atoms with Crippen LogP contribution in [0.4, 0.5) is 4.79 Å². The number of urea groups is 1. The predicted molar refractivity (Wildman–Crippen MR) is 99.3 cm³/mol. The van der Waals surface area contributed by atoms with Gasteiger partial charge in [0.05, 0.1) is 12.6 Å². The van der Waals surface area contributed by atoms with E-state index in [1.54, 1.807) is 0 Å². The molecule has 0 saturated carbocycles. The van der Waals surface area contributed by atoms with Crippen LogP contribution in [0, 0.1) is 0 Å². The molecular weight excluding hydrogens is 312 g/mol. The number of fused-ring (bicyclic) bond motifs is 1. The SMILES string of the molecule is CCOCc1ccccc1CNC(=O)N[C@@H]1CCCc2ccccc21. The van der Waals surface area contributed by atoms with E-state index >= 15 is 0 Å². The maximum absolute atomic E-state index is 12.4. The van der Waals surface area contributed by atoms with E-state index in [2.05, 4.69) is 28.8 Å². The van der Waals surface area contributed by atoms with E-state index in [1.165, 1.54) is 11.1 Å². The molecule has 0 unspecified atom stereocenters. The van der Waals surface area contributed by atoms with Gasteiger partial charge in [-0.2, -0.15) is 0 Å². The Morgan fingerprint density at radius 1 is 1.12 bits per heavy atom. The van der Waals surface area contributed by atoms with Crippen molar-refractivity contribution < 1.29 is 9.53 Å². The Hall–Kier alpha value is -2.33. The Balaban J connectivity index is 1.58. The third-order valence-electron chi connectivity index (χ3n) is 4.69. The molecular formula is C21H26N2O2. The molecule has 132 valence electrons. The predicted octanol–water partition coefficient (Wildman–Crippen LogP) is 4.10. The van der Waals surface area contributed by atoms with Crippen molar-refractivity contribution in [3.05, 3.63) is 70.8 Å². The molecule has 0 radical (unpaired) electrons. The largest absolute Gasteiger partial charge is 0.377 e. The molecule has 0 aromatic heterocycles. The second-order valence-corrected chi connectivity index (χ2v) is 6.38. The molecule has 2 N–H and O–H groups in total. The van der Waals surface area contributed by atoms with Crippen molar-refractivity contribution in [3.8, 4) is 0 Å². The number of hydrogen-bond donors (Lipinski definition) is 2. The molecule has 25 heavy (non-hydrogen) atoms. The summed E-state index contributed by atoms with van der Waals surface area (Å²) < 4.78 is 5.50. The zero-order valence-electron chi connectivity index (χ0n) is 14.8. The van der Waals surface area contributed by atoms with Gasteiger partial charge in [0.25, 0.3) is 0 Å². The average molecular weight is 338 g/mol. The van der Waals surface area contributed by atoms with Crippen molar-refractivity contribution in [2.45, 2.75) is 45.4 Å². The normalized spacial score (nSPS) is 16.1. The second kappa shape index (κ2) is 8.67. The van der Waals surface area contributed by atoms with Crippen LogP contribution >= 0.6 is 0 Å². The molecule has 0 spiro atoms. The zero-order valence-corrected chi connectivity index (χ0v) is 14.8. The molecule has 0 bridgehead atoms. The Kier molecular flexibility index (Phi) is 6.07. The van der Waals surface area contributed by atoms with Crippen LogP contribution in [0.3, 0.4) is 0 Å². The smallest absolute Gasteiger partial charge is 0.315 e. The van der Waals surface area contributed by atoms with Gasteiger partial charge in [-0.25, -0.2) is 4.79 Å². The van der Waals surface area contributed by atoms with E-state index in [0.29, 0.717) is 19.8 Å². The average Bonchev–Trinajstić information content (AvgIpc) is 2.65. The van der Waals surface area contributed by atoms with E-state index in [9.17, 15) is 4.79 Å². The van der Waals surface area contributed by atoms with E-state index in [1.807, 2.05) is 37.3 Å². The molecule has 2 amide bonds. The number of amides is 2. The summed E-state index contributed by atoms with van der Waals surface area (Å²) in [6, 6.07) is 16.4. The van der Waals surface area contributed by atoms with Gasteiger partial charge >= 0.3 is 6.03 Å². The van der Waals surface area contributed by atoms with Crippen LogP contribution in [0.2, 0.25) is 0 Å². The van der Waals surface area contributed by atoms with Crippen LogP contribution in [0.15, 0.2) is 48.5 Å². The lowest BCUT2D eigenvalue weighted by Gasteiger charge is -2.26. The molecule has 2 aromatic carbocycles. The van der Waals surface area contributed by atoms with Gasteiger partial charge < -0.3 is 15.4 Å². The zero-order chi connectivity index (χ0) is 17.5. The first-order chi connectivity index (χ1) is 12.3. The van der Waals surface area contributed by atoms with Gasteiger partial charge in [-0.1, -0.05) is 48.5 Å². The van der Waals surface area contributed by atoms with E-state index < -0.39 is 0 Å². The first-order valence-electron chi connectivity index (χ1n) is 9.04. The number of nitrogens with one attached hydrogen (secondary N) is 2. The lowest BCUT2D eigenvalue weighted by molar-refractivity contribution is 0.133. The van der Waals surface area contributed by atoms with Crippen LogP contribution in [-0.2, 0) is 24.3 Å². The first-order valence-corrected chi connectivity index (χ1v) is 9.04. The fraction of sp³-hybridized carbons (Fsp3) is 0.381. The summed E-state index contributed by atoms with van der Waals surface area (Å²) in [6.07, 6.45) is 3.20. The lowest BCUT2D eigenvalue weighted by atomic mass is 9.88. The second-order valence-electron chi connectivity index (χ2n) is 6.38. The van der Waals surface area contributed by atoms with E-state index in [4.69, 9.17) is 4.74 Å². The highest BCUT2D eigenvalue weighted by Crippen LogP contribution is 2.29. The van der Waals surface area contributed by atoms with Crippen LogP contribution in [0.25, 0.3) is 0 Å². The molecule has 4 nitrogen and oxygen atoms in total. The van der Waals surface area contributed by atoms with Gasteiger partial charge in [-0.3, -0.25) is 0 Å². The number of benzene rings is 2. The highest BCUT2D eigenvalue weighted by atomic mass is 16.5. The van der Waals surface area contributed by atoms with Crippen LogP contribution in [-0.4, -0.2) is 12.6 Å². The first kappa shape index (κ1) is 17.5. The number of aryl methyl sites for hydroxylation is 1. The molecule has 0 aliphatic heterocycles. The molecule has 2 aromatic rings. The number of hydrogen-bond acceptors (Lipinski definition) is 2. The molecule has 1 aliphatic carbocycles. The minimum atomic E-state index is -0.118. The van der Waals surface area contributed by atoms with Gasteiger partial charge in [0, 0.05) is 13.2 Å². The standard InChI is InChI=1S/C21H26N2O2/c1-2-25-15-18-10-4-3-9-17(18)14-22-21(24)23-20-13-7-11-16-8-5-6-12-19(16)20/h3-6,8-10,12,20H,2,7,11,13-15H2,1H3,(H2,22,23,24)/t20-/m1/s1. The quantitative estimate of drug-likeness (QED) is 0.833. The molecule has 0 heterocycles. The Bertz CT molecular complexity index is 715. The summed E-state index contributed by atoms with van der Waals surface area (Å²) in [6.45, 7) is 3.75. The third-order valence-corrected chi connectivity index (χ3v) is 4.69. The number of rotatable bonds is 6. The highest BCUT2D eigenvalue weighted by molar-refractivity contribution is 5.74. The maximum atomic E-state index is 12.4. The molecule has 3 rings (SSSR count).